The minimum absolute atomic E-state index is 0.0373. The Morgan fingerprint density at radius 1 is 0.304 bits per heavy atom. The van der Waals surface area contributed by atoms with Crippen LogP contribution in [0, 0.1) is 75.1 Å². The summed E-state index contributed by atoms with van der Waals surface area (Å²) in [6.07, 6.45) is 14.6. The third-order valence-corrected chi connectivity index (χ3v) is 21.1. The molecule has 1 aliphatic carbocycles. The van der Waals surface area contributed by atoms with Crippen molar-refractivity contribution in [3.63, 3.8) is 0 Å². The maximum absolute atomic E-state index is 14.8. The molecule has 0 aliphatic heterocycles. The van der Waals surface area contributed by atoms with Gasteiger partial charge in [-0.1, -0.05) is 170 Å². The molecule has 15 aromatic rings. The summed E-state index contributed by atoms with van der Waals surface area (Å²) in [7, 11) is 10.6. The van der Waals surface area contributed by atoms with Crippen LogP contribution in [-0.2, 0) is 35.2 Å². The van der Waals surface area contributed by atoms with Gasteiger partial charge in [0.15, 0.2) is 24.8 Å². The third-order valence-electron chi connectivity index (χ3n) is 21.1. The molecule has 0 amide bonds. The smallest absolute Gasteiger partial charge is 0.207 e. The lowest BCUT2D eigenvalue weighted by atomic mass is 9.83. The van der Waals surface area contributed by atoms with Gasteiger partial charge in [-0.3, -0.25) is 0 Å². The van der Waals surface area contributed by atoms with Crippen LogP contribution in [0.25, 0.3) is 110 Å². The van der Waals surface area contributed by atoms with Crippen molar-refractivity contribution in [3.05, 3.63) is 328 Å². The van der Waals surface area contributed by atoms with E-state index >= 15 is 0 Å². The highest BCUT2D eigenvalue weighted by Gasteiger charge is 2.26. The molecule has 6 heteroatoms. The van der Waals surface area contributed by atoms with Gasteiger partial charge >= 0.3 is 0 Å². The first-order valence-corrected chi connectivity index (χ1v) is 36.2. The van der Waals surface area contributed by atoms with E-state index in [1.165, 1.54) is 174 Å². The number of halogens is 1. The molecule has 102 heavy (non-hydrogen) atoms. The van der Waals surface area contributed by atoms with Gasteiger partial charge in [0.2, 0.25) is 34.0 Å². The van der Waals surface area contributed by atoms with Gasteiger partial charge in [0.05, 0.1) is 21.5 Å². The molecular weight excluding hydrogens is 1240 g/mol. The maximum atomic E-state index is 14.8. The molecule has 0 atom stereocenters. The lowest BCUT2D eigenvalue weighted by Gasteiger charge is -2.22. The second-order valence-corrected chi connectivity index (χ2v) is 28.4. The van der Waals surface area contributed by atoms with Gasteiger partial charge < -0.3 is 0 Å². The molecule has 0 N–H and O–H groups in total. The zero-order valence-corrected chi connectivity index (χ0v) is 62.6. The SMILES string of the molecule is Cc1cc(C)c(C)c(-c2ccc3cc(F)c(C4CCCCC4)cc3[n+]2C)c1.Cc1ccc2cc[n+](C)c(-c3ccccc3C)c2c1.Cc1ccccc1-c1c2cccc(C)c2cc[n+]1C.Cc1ccccc1-c1c2ccccc2c(C)c[n+]1C.Cc1ccccc1-c1c2ccccc2cc[n+]1C. The summed E-state index contributed by atoms with van der Waals surface area (Å²) < 4.78 is 25.9. The van der Waals surface area contributed by atoms with Crippen molar-refractivity contribution < 1.29 is 27.2 Å². The molecule has 510 valence electrons. The number of hydrogen-bond donors (Lipinski definition) is 0. The molecule has 0 saturated heterocycles. The highest BCUT2D eigenvalue weighted by Crippen LogP contribution is 2.38. The Morgan fingerprint density at radius 3 is 1.31 bits per heavy atom. The van der Waals surface area contributed by atoms with Crippen LogP contribution in [0.1, 0.15) is 99.2 Å². The zero-order chi connectivity index (χ0) is 71.9. The first-order valence-electron chi connectivity index (χ1n) is 36.2. The predicted octanol–water partition coefficient (Wildman–Crippen LogP) is 21.9. The fourth-order valence-electron chi connectivity index (χ4n) is 15.4. The predicted molar refractivity (Wildman–Crippen MR) is 426 cm³/mol. The second-order valence-electron chi connectivity index (χ2n) is 28.4. The monoisotopic (exact) mass is 1340 g/mol. The van der Waals surface area contributed by atoms with E-state index in [4.69, 9.17) is 0 Å². The Bertz CT molecular complexity index is 5460. The molecule has 1 saturated carbocycles. The number of benzene rings is 10. The van der Waals surface area contributed by atoms with E-state index in [0.29, 0.717) is 5.92 Å². The van der Waals surface area contributed by atoms with Crippen molar-refractivity contribution in [2.45, 2.75) is 107 Å². The number of nitrogens with zero attached hydrogens (tertiary/aromatic N) is 5. The molecule has 1 fully saturated rings. The Kier molecular flexibility index (Phi) is 21.8. The van der Waals surface area contributed by atoms with E-state index < -0.39 is 0 Å². The lowest BCUT2D eigenvalue weighted by Crippen LogP contribution is -2.32. The molecule has 0 spiro atoms. The second kappa shape index (κ2) is 31.4. The van der Waals surface area contributed by atoms with Gasteiger partial charge in [-0.2, -0.15) is 4.57 Å². The van der Waals surface area contributed by atoms with Crippen LogP contribution >= 0.6 is 0 Å². The van der Waals surface area contributed by atoms with E-state index in [2.05, 4.69) is 383 Å². The van der Waals surface area contributed by atoms with E-state index in [9.17, 15) is 4.39 Å². The van der Waals surface area contributed by atoms with Crippen LogP contribution < -0.4 is 22.8 Å². The van der Waals surface area contributed by atoms with Crippen LogP contribution in [0.15, 0.2) is 261 Å². The molecule has 10 aromatic carbocycles. The van der Waals surface area contributed by atoms with Crippen molar-refractivity contribution in [2.24, 2.45) is 35.2 Å². The zero-order valence-electron chi connectivity index (χ0n) is 62.6. The van der Waals surface area contributed by atoms with Crippen molar-refractivity contribution in [1.29, 1.82) is 0 Å². The van der Waals surface area contributed by atoms with Crippen molar-refractivity contribution in [2.75, 3.05) is 0 Å². The summed E-state index contributed by atoms with van der Waals surface area (Å²) >= 11 is 0. The average Bonchev–Trinajstić information content (AvgIpc) is 0.789. The van der Waals surface area contributed by atoms with Gasteiger partial charge in [0.25, 0.3) is 0 Å². The largest absolute Gasteiger partial charge is 0.220 e. The fourth-order valence-corrected chi connectivity index (χ4v) is 15.4. The van der Waals surface area contributed by atoms with Crippen LogP contribution in [0.2, 0.25) is 0 Å². The van der Waals surface area contributed by atoms with Crippen LogP contribution in [0.4, 0.5) is 4.39 Å². The van der Waals surface area contributed by atoms with Gasteiger partial charge in [0, 0.05) is 69.1 Å². The standard InChI is InChI=1S/C25H29FN.3C18H18N.C17H16N/c1-16-12-17(2)18(3)21(13-16)24-11-10-20-14-23(26)22(15-25(20)27(24)4)19-8-6-5-7-9-19;1-13-8-4-5-10-16(13)18-17-11-7-6-9-15(17)14(2)12-19(18)3;1-13-8-6-10-17-15(13)11-12-19(3)18(17)16-9-5-4-7-14(16)2;1-13-8-9-15-10-11-19(3)18(17(15)12-13)16-7-5-4-6-14(16)2;1-13-7-3-5-9-15(13)17-16-10-6-4-8-14(16)11-12-18(17)2/h10-15,19H,5-9H2,1-4H3;3*4-12H,1-3H3;3-12H,1-2H3/q5*+1. The molecule has 0 bridgehead atoms. The van der Waals surface area contributed by atoms with Gasteiger partial charge in [-0.15, -0.1) is 0 Å². The van der Waals surface area contributed by atoms with E-state index in [1.807, 2.05) is 0 Å². The summed E-state index contributed by atoms with van der Waals surface area (Å²) in [6, 6.07) is 83.7. The molecule has 5 nitrogen and oxygen atoms in total. The minimum Gasteiger partial charge on any atom is -0.207 e. The van der Waals surface area contributed by atoms with E-state index in [0.717, 1.165) is 29.3 Å². The quantitative estimate of drug-likeness (QED) is 0.148. The molecule has 16 rings (SSSR count). The molecular formula is C96H99FN5+5. The lowest BCUT2D eigenvalue weighted by molar-refractivity contribution is -0.659. The molecule has 1 aliphatic rings. The van der Waals surface area contributed by atoms with Crippen LogP contribution in [-0.4, -0.2) is 0 Å². The Balaban J connectivity index is 0.000000121. The molecule has 5 heterocycles. The van der Waals surface area contributed by atoms with Crippen LogP contribution in [0.3, 0.4) is 0 Å². The third kappa shape index (κ3) is 15.1. The first-order chi connectivity index (χ1) is 49.3. The molecule has 0 radical (unpaired) electrons. The van der Waals surface area contributed by atoms with Gasteiger partial charge in [0.1, 0.15) is 41.1 Å². The number of aryl methyl sites for hydroxylation is 14. The first kappa shape index (κ1) is 71.0. The maximum Gasteiger partial charge on any atom is 0.220 e. The highest BCUT2D eigenvalue weighted by atomic mass is 19.1. The van der Waals surface area contributed by atoms with E-state index in [1.54, 1.807) is 6.07 Å². The molecule has 0 unspecified atom stereocenters. The Morgan fingerprint density at radius 2 is 0.745 bits per heavy atom. The summed E-state index contributed by atoms with van der Waals surface area (Å²) in [6.45, 7) is 21.7. The number of rotatable bonds is 6. The van der Waals surface area contributed by atoms with Crippen LogP contribution in [0.5, 0.6) is 0 Å². The van der Waals surface area contributed by atoms with E-state index in [-0.39, 0.29) is 5.82 Å². The van der Waals surface area contributed by atoms with Gasteiger partial charge in [-0.05, 0) is 221 Å². The number of fused-ring (bicyclic) bond motifs is 5. The number of aromatic nitrogens is 5. The van der Waals surface area contributed by atoms with Crippen molar-refractivity contribution in [3.8, 4) is 56.3 Å². The topological polar surface area (TPSA) is 19.4 Å². The molecule has 5 aromatic heterocycles. The fraction of sp³-hybridized carbons (Fsp3) is 0.219. The van der Waals surface area contributed by atoms with Crippen molar-refractivity contribution in [1.82, 2.24) is 0 Å². The Hall–Kier alpha value is -10.8. The Labute approximate surface area is 604 Å². The summed E-state index contributed by atoms with van der Waals surface area (Å²) in [4.78, 5) is 0. The average molecular weight is 1340 g/mol. The number of hydrogen-bond acceptors (Lipinski definition) is 0. The number of pyridine rings is 5. The van der Waals surface area contributed by atoms with Gasteiger partial charge in [-0.25, -0.2) is 22.7 Å². The summed E-state index contributed by atoms with van der Waals surface area (Å²) in [5, 5.41) is 11.5. The summed E-state index contributed by atoms with van der Waals surface area (Å²) in [5.41, 5.74) is 27.9. The normalized spacial score (nSPS) is 12.1. The summed E-state index contributed by atoms with van der Waals surface area (Å²) in [5.74, 6) is 0.333. The van der Waals surface area contributed by atoms with Crippen molar-refractivity contribution >= 4 is 54.0 Å². The highest BCUT2D eigenvalue weighted by molar-refractivity contribution is 5.98. The minimum atomic E-state index is -0.0373.